The molecule has 9 rings (SSSR count). The summed E-state index contributed by atoms with van der Waals surface area (Å²) in [5.41, 5.74) is 13.1. The molecule has 3 heterocycles. The molecule has 0 atom stereocenters. The molecule has 9 aromatic rings. The van der Waals surface area contributed by atoms with Gasteiger partial charge >= 0.3 is 0 Å². The van der Waals surface area contributed by atoms with Crippen molar-refractivity contribution in [1.82, 2.24) is 9.97 Å². The fourth-order valence-electron chi connectivity index (χ4n) is 6.77. The molecule has 4 heteroatoms. The Kier molecular flexibility index (Phi) is 7.45. The van der Waals surface area contributed by atoms with Crippen molar-refractivity contribution in [1.29, 1.82) is 0 Å². The smallest absolute Gasteiger partial charge is 0.153 e. The summed E-state index contributed by atoms with van der Waals surface area (Å²) in [4.78, 5) is 12.0. The first-order valence-corrected chi connectivity index (χ1v) is 16.7. The van der Waals surface area contributed by atoms with Gasteiger partial charge in [-0.05, 0) is 77.4 Å². The second kappa shape index (κ2) is 12.7. The van der Waals surface area contributed by atoms with Crippen LogP contribution >= 0.6 is 0 Å². The fraction of sp³-hybridized carbons (Fsp3) is 0. The van der Waals surface area contributed by atoms with E-state index < -0.39 is 0 Å². The number of rotatable bonds is 7. The van der Waals surface area contributed by atoms with E-state index in [0.717, 1.165) is 83.8 Å². The molecular weight excluding hydrogens is 611 g/mol. The summed E-state index contributed by atoms with van der Waals surface area (Å²) in [6, 6.07) is 61.5. The lowest BCUT2D eigenvalue weighted by Gasteiger charge is -2.29. The van der Waals surface area contributed by atoms with Gasteiger partial charge in [-0.2, -0.15) is 0 Å². The Labute approximate surface area is 290 Å². The molecular formula is C46H31N3O. The van der Waals surface area contributed by atoms with Crippen LogP contribution in [0, 0.1) is 0 Å². The topological polar surface area (TPSA) is 42.2 Å². The minimum Gasteiger partial charge on any atom is -0.454 e. The Hall–Kier alpha value is -6.78. The summed E-state index contributed by atoms with van der Waals surface area (Å²) in [5, 5.41) is 2.14. The maximum absolute atomic E-state index is 6.10. The number of nitrogens with zero attached hydrogens (tertiary/aromatic N) is 3. The summed E-state index contributed by atoms with van der Waals surface area (Å²) >= 11 is 0. The van der Waals surface area contributed by atoms with Crippen molar-refractivity contribution < 1.29 is 4.42 Å². The fourth-order valence-corrected chi connectivity index (χ4v) is 6.77. The van der Waals surface area contributed by atoms with Gasteiger partial charge in [0.2, 0.25) is 0 Å². The first-order chi connectivity index (χ1) is 24.8. The van der Waals surface area contributed by atoms with Gasteiger partial charge in [0.25, 0.3) is 0 Å². The third-order valence-electron chi connectivity index (χ3n) is 9.14. The molecule has 6 aromatic carbocycles. The van der Waals surface area contributed by atoms with Gasteiger partial charge in [0.05, 0.1) is 23.3 Å². The molecule has 0 bridgehead atoms. The van der Waals surface area contributed by atoms with Crippen LogP contribution < -0.4 is 4.90 Å². The molecule has 0 spiro atoms. The molecule has 0 saturated carbocycles. The van der Waals surface area contributed by atoms with E-state index in [4.69, 9.17) is 14.4 Å². The Bertz CT molecular complexity index is 2540. The number of hydrogen-bond donors (Lipinski definition) is 0. The standard InChI is InChI=1S/C46H31N3O/c1-3-14-32(15-4-1)35-26-36(42-22-11-12-25-47-42)29-38(28-35)49(44-23-9-7-20-39(44)33-16-5-2-6-17-33)37-19-13-18-34(27-37)43-30-41-40-21-8-10-24-45(40)50-46(41)31-48-43/h1-31H. The van der Waals surface area contributed by atoms with E-state index in [-0.39, 0.29) is 0 Å². The van der Waals surface area contributed by atoms with E-state index in [1.165, 1.54) is 0 Å². The average Bonchev–Trinajstić information content (AvgIpc) is 3.57. The van der Waals surface area contributed by atoms with Crippen LogP contribution in [0.1, 0.15) is 0 Å². The SMILES string of the molecule is c1ccc(-c2cc(-c3ccccn3)cc(N(c3cccc(-c4cc5c(cn4)oc4ccccc45)c3)c3ccccc3-c3ccccc3)c2)cc1. The van der Waals surface area contributed by atoms with Crippen molar-refractivity contribution in [2.75, 3.05) is 4.90 Å². The van der Waals surface area contributed by atoms with Crippen LogP contribution in [-0.4, -0.2) is 9.97 Å². The van der Waals surface area contributed by atoms with Crippen LogP contribution in [-0.2, 0) is 0 Å². The first-order valence-electron chi connectivity index (χ1n) is 16.7. The van der Waals surface area contributed by atoms with Gasteiger partial charge in [-0.3, -0.25) is 9.97 Å². The molecule has 3 aromatic heterocycles. The number of furan rings is 1. The maximum Gasteiger partial charge on any atom is 0.153 e. The largest absolute Gasteiger partial charge is 0.454 e. The lowest BCUT2D eigenvalue weighted by Crippen LogP contribution is -2.12. The van der Waals surface area contributed by atoms with Crippen LogP contribution in [0.5, 0.6) is 0 Å². The van der Waals surface area contributed by atoms with Crippen LogP contribution in [0.15, 0.2) is 193 Å². The van der Waals surface area contributed by atoms with Crippen LogP contribution in [0.4, 0.5) is 17.1 Å². The van der Waals surface area contributed by atoms with Gasteiger partial charge in [0.1, 0.15) is 5.58 Å². The van der Waals surface area contributed by atoms with Gasteiger partial charge < -0.3 is 9.32 Å². The maximum atomic E-state index is 6.10. The molecule has 0 amide bonds. The van der Waals surface area contributed by atoms with Crippen LogP contribution in [0.3, 0.4) is 0 Å². The number of benzene rings is 6. The van der Waals surface area contributed by atoms with Gasteiger partial charge in [0.15, 0.2) is 5.58 Å². The molecule has 0 fully saturated rings. The Balaban J connectivity index is 1.27. The molecule has 50 heavy (non-hydrogen) atoms. The highest BCUT2D eigenvalue weighted by Gasteiger charge is 2.20. The lowest BCUT2D eigenvalue weighted by molar-refractivity contribution is 0.667. The van der Waals surface area contributed by atoms with Crippen molar-refractivity contribution in [2.24, 2.45) is 0 Å². The third-order valence-corrected chi connectivity index (χ3v) is 9.14. The van der Waals surface area contributed by atoms with Crippen LogP contribution in [0.25, 0.3) is 66.7 Å². The van der Waals surface area contributed by atoms with Crippen molar-refractivity contribution in [3.05, 3.63) is 188 Å². The van der Waals surface area contributed by atoms with E-state index in [1.54, 1.807) is 0 Å². The van der Waals surface area contributed by atoms with E-state index in [2.05, 4.69) is 150 Å². The predicted octanol–water partition coefficient (Wildman–Crippen LogP) is 12.5. The van der Waals surface area contributed by atoms with E-state index in [1.807, 2.05) is 42.7 Å². The lowest BCUT2D eigenvalue weighted by atomic mass is 9.97. The number of para-hydroxylation sites is 2. The minimum absolute atomic E-state index is 0.782. The average molecular weight is 642 g/mol. The number of fused-ring (bicyclic) bond motifs is 3. The van der Waals surface area contributed by atoms with Crippen molar-refractivity contribution in [3.8, 4) is 44.8 Å². The van der Waals surface area contributed by atoms with Crippen molar-refractivity contribution in [2.45, 2.75) is 0 Å². The predicted molar refractivity (Wildman–Crippen MR) is 206 cm³/mol. The number of anilines is 3. The second-order valence-corrected chi connectivity index (χ2v) is 12.3. The highest BCUT2D eigenvalue weighted by atomic mass is 16.3. The third kappa shape index (κ3) is 5.49. The van der Waals surface area contributed by atoms with Crippen molar-refractivity contribution in [3.63, 3.8) is 0 Å². The van der Waals surface area contributed by atoms with Gasteiger partial charge in [-0.15, -0.1) is 0 Å². The zero-order valence-electron chi connectivity index (χ0n) is 27.1. The minimum atomic E-state index is 0.782. The zero-order valence-corrected chi connectivity index (χ0v) is 27.1. The molecule has 4 nitrogen and oxygen atoms in total. The zero-order chi connectivity index (χ0) is 33.3. The number of aromatic nitrogens is 2. The summed E-state index contributed by atoms with van der Waals surface area (Å²) < 4.78 is 6.10. The summed E-state index contributed by atoms with van der Waals surface area (Å²) in [7, 11) is 0. The number of hydrogen-bond acceptors (Lipinski definition) is 4. The highest BCUT2D eigenvalue weighted by molar-refractivity contribution is 6.05. The molecule has 0 aliphatic heterocycles. The van der Waals surface area contributed by atoms with Crippen molar-refractivity contribution >= 4 is 39.0 Å². The van der Waals surface area contributed by atoms with Gasteiger partial charge in [0, 0.05) is 45.0 Å². The second-order valence-electron chi connectivity index (χ2n) is 12.3. The Morgan fingerprint density at radius 2 is 1.10 bits per heavy atom. The Morgan fingerprint density at radius 1 is 0.400 bits per heavy atom. The molecule has 0 saturated heterocycles. The van der Waals surface area contributed by atoms with Gasteiger partial charge in [-0.25, -0.2) is 0 Å². The molecule has 0 unspecified atom stereocenters. The first kappa shape index (κ1) is 29.4. The van der Waals surface area contributed by atoms with Gasteiger partial charge in [-0.1, -0.05) is 115 Å². The molecule has 0 N–H and O–H groups in total. The van der Waals surface area contributed by atoms with Crippen LogP contribution in [0.2, 0.25) is 0 Å². The molecule has 0 aliphatic carbocycles. The highest BCUT2D eigenvalue weighted by Crippen LogP contribution is 2.44. The van der Waals surface area contributed by atoms with E-state index in [0.29, 0.717) is 0 Å². The van der Waals surface area contributed by atoms with E-state index >= 15 is 0 Å². The number of pyridine rings is 2. The summed E-state index contributed by atoms with van der Waals surface area (Å²) in [6.07, 6.45) is 3.69. The monoisotopic (exact) mass is 641 g/mol. The summed E-state index contributed by atoms with van der Waals surface area (Å²) in [6.45, 7) is 0. The molecule has 0 radical (unpaired) electrons. The molecule has 0 aliphatic rings. The quantitative estimate of drug-likeness (QED) is 0.174. The van der Waals surface area contributed by atoms with E-state index in [9.17, 15) is 0 Å². The Morgan fingerprint density at radius 3 is 1.94 bits per heavy atom. The normalized spacial score (nSPS) is 11.2. The molecule has 236 valence electrons. The summed E-state index contributed by atoms with van der Waals surface area (Å²) in [5.74, 6) is 0.